The minimum absolute atomic E-state index is 0.0471. The first-order valence-electron chi connectivity index (χ1n) is 13.6. The Morgan fingerprint density at radius 3 is 2.29 bits per heavy atom. The number of ether oxygens (including phenoxy) is 2. The third kappa shape index (κ3) is 9.14. The number of carbonyl (C=O) groups is 4. The summed E-state index contributed by atoms with van der Waals surface area (Å²) in [6.45, 7) is 3.29. The van der Waals surface area contributed by atoms with Gasteiger partial charge in [-0.25, -0.2) is 14.4 Å². The summed E-state index contributed by atoms with van der Waals surface area (Å²) >= 11 is 0. The predicted molar refractivity (Wildman–Crippen MR) is 152 cm³/mol. The number of carboxylic acids is 1. The molecule has 2 aromatic carbocycles. The van der Waals surface area contributed by atoms with E-state index in [1.54, 1.807) is 25.1 Å². The van der Waals surface area contributed by atoms with E-state index in [1.165, 1.54) is 24.0 Å². The van der Waals surface area contributed by atoms with Crippen molar-refractivity contribution in [3.8, 4) is 0 Å². The fraction of sp³-hybridized carbons (Fsp3) is 0.448. The van der Waals surface area contributed by atoms with Crippen LogP contribution in [-0.4, -0.2) is 71.6 Å². The zero-order valence-electron chi connectivity index (χ0n) is 23.8. The Bertz CT molecular complexity index is 1260. The van der Waals surface area contributed by atoms with E-state index in [-0.39, 0.29) is 38.0 Å². The van der Waals surface area contributed by atoms with Gasteiger partial charge in [0.1, 0.15) is 18.8 Å². The maximum atomic E-state index is 13.7. The van der Waals surface area contributed by atoms with Gasteiger partial charge in [-0.1, -0.05) is 48.5 Å². The van der Waals surface area contributed by atoms with Gasteiger partial charge in [-0.15, -0.1) is 0 Å². The van der Waals surface area contributed by atoms with E-state index in [9.17, 15) is 28.8 Å². The summed E-state index contributed by atoms with van der Waals surface area (Å²) in [5, 5.41) is 12.3. The van der Waals surface area contributed by atoms with Crippen molar-refractivity contribution < 1.29 is 47.4 Å². The molecule has 0 aliphatic carbocycles. The Labute approximate surface area is 244 Å². The largest absolute Gasteiger partial charge is 0.480 e. The Hall–Kier alpha value is -3.73. The van der Waals surface area contributed by atoms with Crippen LogP contribution in [-0.2, 0) is 39.3 Å². The van der Waals surface area contributed by atoms with Gasteiger partial charge in [-0.3, -0.25) is 13.9 Å². The van der Waals surface area contributed by atoms with Crippen LogP contribution in [0.3, 0.4) is 0 Å². The van der Waals surface area contributed by atoms with Gasteiger partial charge in [0.25, 0.3) is 5.91 Å². The number of benzene rings is 2. The highest BCUT2D eigenvalue weighted by atomic mass is 31.2. The molecule has 228 valence electrons. The smallest absolute Gasteiger partial charge is 0.407 e. The minimum atomic E-state index is -4.24. The number of rotatable bonds is 14. The minimum Gasteiger partial charge on any atom is -0.480 e. The molecule has 0 bridgehead atoms. The molecular formula is C29H37N2O10P. The molecule has 2 N–H and O–H groups in total. The predicted octanol–water partition coefficient (Wildman–Crippen LogP) is 4.58. The number of likely N-dealkylation sites (tertiary alicyclic amines) is 1. The molecule has 1 aliphatic heterocycles. The van der Waals surface area contributed by atoms with Crippen molar-refractivity contribution in [2.45, 2.75) is 70.2 Å². The quantitative estimate of drug-likeness (QED) is 0.231. The molecule has 0 aromatic heterocycles. The number of carboxylic acid groups (broad SMARTS) is 1. The molecule has 0 saturated carbocycles. The monoisotopic (exact) mass is 604 g/mol. The molecule has 0 radical (unpaired) electrons. The molecule has 12 nitrogen and oxygen atoms in total. The molecule has 1 saturated heterocycles. The molecule has 0 spiro atoms. The average molecular weight is 605 g/mol. The number of nitrogens with one attached hydrogen (secondary N) is 1. The number of amides is 2. The number of nitrogens with zero attached hydrogens (tertiary/aromatic N) is 1. The van der Waals surface area contributed by atoms with Crippen molar-refractivity contribution in [1.82, 2.24) is 10.2 Å². The van der Waals surface area contributed by atoms with Crippen molar-refractivity contribution >= 4 is 31.5 Å². The molecule has 1 heterocycles. The maximum Gasteiger partial charge on any atom is 0.407 e. The van der Waals surface area contributed by atoms with Gasteiger partial charge < -0.3 is 29.3 Å². The summed E-state index contributed by atoms with van der Waals surface area (Å²) in [4.78, 5) is 51.4. The van der Waals surface area contributed by atoms with Crippen molar-refractivity contribution in [2.75, 3.05) is 13.7 Å². The Kier molecular flexibility index (Phi) is 12.1. The number of hydrogen-bond donors (Lipinski definition) is 2. The second-order valence-corrected chi connectivity index (χ2v) is 12.3. The van der Waals surface area contributed by atoms with Crippen LogP contribution in [0.15, 0.2) is 60.7 Å². The Morgan fingerprint density at radius 2 is 1.67 bits per heavy atom. The normalized spacial score (nSPS) is 18.3. The lowest BCUT2D eigenvalue weighted by atomic mass is 10.1. The first-order valence-corrected chi connectivity index (χ1v) is 15.3. The summed E-state index contributed by atoms with van der Waals surface area (Å²) < 4.78 is 35.3. The van der Waals surface area contributed by atoms with Gasteiger partial charge in [0.2, 0.25) is 0 Å². The first kappa shape index (κ1) is 32.8. The second kappa shape index (κ2) is 15.5. The molecule has 1 aliphatic rings. The zero-order chi connectivity index (χ0) is 30.7. The molecule has 5 atom stereocenters. The van der Waals surface area contributed by atoms with E-state index in [4.69, 9.17) is 18.5 Å². The van der Waals surface area contributed by atoms with Gasteiger partial charge in [-0.05, 0) is 57.2 Å². The van der Waals surface area contributed by atoms with Crippen molar-refractivity contribution in [3.05, 3.63) is 71.8 Å². The summed E-state index contributed by atoms with van der Waals surface area (Å²) in [5.41, 5.74) is 1.04. The molecule has 2 aromatic rings. The van der Waals surface area contributed by atoms with E-state index >= 15 is 0 Å². The standard InChI is InChI=1S/C29H37N2O10P/c1-20(30-29(36)39-19-22-11-6-4-7-12-22)16-17-25(26(32)31-18-10-15-24(31)27(33)34)41-42(37,38-3)21(2)40-28(35)23-13-8-5-9-14-23/h4-9,11-14,20-21,24-25H,10,15-19H2,1-3H3,(H,30,36)(H,33,34)/t20?,21-,24-,25?,42?/m0/s1. The van der Waals surface area contributed by atoms with Crippen LogP contribution in [0.4, 0.5) is 4.79 Å². The van der Waals surface area contributed by atoms with E-state index in [0.717, 1.165) is 12.7 Å². The maximum absolute atomic E-state index is 13.7. The summed E-state index contributed by atoms with van der Waals surface area (Å²) in [6.07, 6.45) is -1.18. The lowest BCUT2D eigenvalue weighted by molar-refractivity contribution is -0.151. The van der Waals surface area contributed by atoms with Crippen molar-refractivity contribution in [3.63, 3.8) is 0 Å². The van der Waals surface area contributed by atoms with Gasteiger partial charge in [0.15, 0.2) is 5.85 Å². The average Bonchev–Trinajstić information content (AvgIpc) is 3.49. The van der Waals surface area contributed by atoms with Crippen molar-refractivity contribution in [1.29, 1.82) is 0 Å². The third-order valence-corrected chi connectivity index (χ3v) is 8.85. The highest BCUT2D eigenvalue weighted by Gasteiger charge is 2.43. The van der Waals surface area contributed by atoms with Gasteiger partial charge in [0.05, 0.1) is 5.56 Å². The van der Waals surface area contributed by atoms with Gasteiger partial charge >= 0.3 is 25.6 Å². The number of carbonyl (C=O) groups excluding carboxylic acids is 3. The van der Waals surface area contributed by atoms with Crippen LogP contribution in [0.2, 0.25) is 0 Å². The van der Waals surface area contributed by atoms with Crippen LogP contribution >= 0.6 is 7.60 Å². The number of aliphatic carboxylic acids is 1. The summed E-state index contributed by atoms with van der Waals surface area (Å²) in [5.74, 6) is -3.99. The lowest BCUT2D eigenvalue weighted by Gasteiger charge is -2.31. The lowest BCUT2D eigenvalue weighted by Crippen LogP contribution is -2.46. The highest BCUT2D eigenvalue weighted by molar-refractivity contribution is 7.54. The van der Waals surface area contributed by atoms with E-state index in [0.29, 0.717) is 6.42 Å². The molecule has 3 rings (SSSR count). The SMILES string of the molecule is COP(=O)(OC(CCC(C)NC(=O)OCc1ccccc1)C(=O)N1CCC[C@H]1C(=O)O)[C@@H](C)OC(=O)c1ccccc1. The molecular weight excluding hydrogens is 567 g/mol. The van der Waals surface area contributed by atoms with E-state index in [2.05, 4.69) is 5.32 Å². The van der Waals surface area contributed by atoms with Crippen molar-refractivity contribution in [2.24, 2.45) is 0 Å². The van der Waals surface area contributed by atoms with Crippen LogP contribution in [0.25, 0.3) is 0 Å². The Balaban J connectivity index is 1.69. The molecule has 13 heteroatoms. The number of hydrogen-bond acceptors (Lipinski definition) is 9. The number of alkyl carbamates (subject to hydrolysis) is 1. The number of esters is 1. The van der Waals surface area contributed by atoms with Crippen LogP contribution < -0.4 is 5.32 Å². The molecule has 2 amide bonds. The van der Waals surface area contributed by atoms with E-state index in [1.807, 2.05) is 30.3 Å². The molecule has 3 unspecified atom stereocenters. The van der Waals surface area contributed by atoms with Crippen LogP contribution in [0, 0.1) is 0 Å². The molecule has 1 fully saturated rings. The van der Waals surface area contributed by atoms with Crippen LogP contribution in [0.1, 0.15) is 55.5 Å². The Morgan fingerprint density at radius 1 is 1.02 bits per heavy atom. The van der Waals surface area contributed by atoms with E-state index < -0.39 is 55.6 Å². The first-order chi connectivity index (χ1) is 20.0. The van der Waals surface area contributed by atoms with Gasteiger partial charge in [0, 0.05) is 19.7 Å². The van der Waals surface area contributed by atoms with Crippen LogP contribution in [0.5, 0.6) is 0 Å². The summed E-state index contributed by atoms with van der Waals surface area (Å²) in [7, 11) is -3.13. The third-order valence-electron chi connectivity index (χ3n) is 6.80. The summed E-state index contributed by atoms with van der Waals surface area (Å²) in [6, 6.07) is 15.7. The fourth-order valence-corrected chi connectivity index (χ4v) is 5.78. The zero-order valence-corrected chi connectivity index (χ0v) is 24.7. The topological polar surface area (TPSA) is 158 Å². The molecule has 42 heavy (non-hydrogen) atoms. The second-order valence-electron chi connectivity index (χ2n) is 9.90. The highest BCUT2D eigenvalue weighted by Crippen LogP contribution is 2.54. The van der Waals surface area contributed by atoms with Gasteiger partial charge in [-0.2, -0.15) is 0 Å². The fourth-order valence-electron chi connectivity index (χ4n) is 4.45.